The number of fused-ring (bicyclic) bond motifs is 1. The zero-order chi connectivity index (χ0) is 26.0. The molecule has 9 heteroatoms. The van der Waals surface area contributed by atoms with E-state index in [0.29, 0.717) is 29.1 Å². The Kier molecular flexibility index (Phi) is 6.80. The summed E-state index contributed by atoms with van der Waals surface area (Å²) >= 11 is 0. The van der Waals surface area contributed by atoms with Crippen molar-refractivity contribution < 1.29 is 14.3 Å². The van der Waals surface area contributed by atoms with Gasteiger partial charge in [-0.15, -0.1) is 0 Å². The van der Waals surface area contributed by atoms with Crippen molar-refractivity contribution in [2.75, 3.05) is 17.6 Å². The van der Waals surface area contributed by atoms with Crippen LogP contribution in [-0.2, 0) is 15.9 Å². The van der Waals surface area contributed by atoms with E-state index in [1.807, 2.05) is 50.2 Å². The van der Waals surface area contributed by atoms with E-state index in [1.165, 1.54) is 5.56 Å². The van der Waals surface area contributed by atoms with Crippen LogP contribution in [-0.4, -0.2) is 43.7 Å². The number of rotatable bonds is 8. The van der Waals surface area contributed by atoms with Crippen LogP contribution in [0.25, 0.3) is 11.2 Å². The van der Waals surface area contributed by atoms with Crippen molar-refractivity contribution in [1.82, 2.24) is 19.5 Å². The molecule has 0 bridgehead atoms. The molecule has 0 amide bonds. The number of carbonyl (C=O) groups excluding carboxylic acids is 1. The molecule has 2 aromatic heterocycles. The van der Waals surface area contributed by atoms with Crippen molar-refractivity contribution in [3.63, 3.8) is 0 Å². The Hall–Kier alpha value is -3.98. The van der Waals surface area contributed by atoms with Crippen LogP contribution in [0, 0.1) is 5.92 Å². The maximum Gasteiger partial charge on any atom is 0.338 e. The Morgan fingerprint density at radius 1 is 1.14 bits per heavy atom. The number of imidazole rings is 1. The van der Waals surface area contributed by atoms with Crippen LogP contribution in [0.5, 0.6) is 0 Å². The summed E-state index contributed by atoms with van der Waals surface area (Å²) in [5, 5.41) is 3.35. The van der Waals surface area contributed by atoms with E-state index in [9.17, 15) is 4.79 Å². The summed E-state index contributed by atoms with van der Waals surface area (Å²) in [5.74, 6) is 0.202. The van der Waals surface area contributed by atoms with Crippen molar-refractivity contribution in [1.29, 1.82) is 0 Å². The zero-order valence-corrected chi connectivity index (χ0v) is 21.3. The number of benzene rings is 2. The first-order valence-electron chi connectivity index (χ1n) is 12.6. The standard InChI is InChI=1S/C28H32N6O3/c1-4-21-18(2)28(3,37-25(35)20-13-9-6-10-14-20)26(36-21)34-17-31-22-23(32-27(29)33-24(22)34)30-16-15-19-11-7-5-8-12-19/h5-14,17-18,21,26H,4,15-16H2,1-3H3,(H3,29,30,32,33)/t18-,21-,26-,28-/m1/s1. The lowest BCUT2D eigenvalue weighted by Crippen LogP contribution is -2.43. The molecule has 2 aromatic carbocycles. The number of nitrogen functional groups attached to an aromatic ring is 1. The third-order valence-electron chi connectivity index (χ3n) is 7.22. The van der Waals surface area contributed by atoms with E-state index in [2.05, 4.69) is 39.3 Å². The quantitative estimate of drug-likeness (QED) is 0.337. The molecule has 192 valence electrons. The van der Waals surface area contributed by atoms with Crippen LogP contribution in [0.3, 0.4) is 0 Å². The summed E-state index contributed by atoms with van der Waals surface area (Å²) in [6.07, 6.45) is 2.49. The highest BCUT2D eigenvalue weighted by molar-refractivity contribution is 5.89. The molecule has 4 atom stereocenters. The van der Waals surface area contributed by atoms with Crippen LogP contribution >= 0.6 is 0 Å². The largest absolute Gasteiger partial charge is 0.451 e. The number of nitrogens with zero attached hydrogens (tertiary/aromatic N) is 4. The summed E-state index contributed by atoms with van der Waals surface area (Å²) in [7, 11) is 0. The van der Waals surface area contributed by atoms with Gasteiger partial charge in [0.15, 0.2) is 28.8 Å². The lowest BCUT2D eigenvalue weighted by molar-refractivity contribution is -0.0947. The molecule has 37 heavy (non-hydrogen) atoms. The predicted molar refractivity (Wildman–Crippen MR) is 142 cm³/mol. The van der Waals surface area contributed by atoms with Gasteiger partial charge in [-0.05, 0) is 37.5 Å². The van der Waals surface area contributed by atoms with Crippen molar-refractivity contribution in [2.24, 2.45) is 5.92 Å². The lowest BCUT2D eigenvalue weighted by atomic mass is 9.86. The first-order valence-corrected chi connectivity index (χ1v) is 12.6. The van der Waals surface area contributed by atoms with Gasteiger partial charge in [-0.3, -0.25) is 4.57 Å². The number of hydrogen-bond donors (Lipinski definition) is 2. The first kappa shape index (κ1) is 24.7. The molecule has 5 rings (SSSR count). The van der Waals surface area contributed by atoms with Gasteiger partial charge < -0.3 is 20.5 Å². The van der Waals surface area contributed by atoms with E-state index >= 15 is 0 Å². The molecule has 1 aliphatic heterocycles. The highest BCUT2D eigenvalue weighted by Crippen LogP contribution is 2.47. The normalized spacial score (nSPS) is 23.3. The molecule has 4 aromatic rings. The van der Waals surface area contributed by atoms with Gasteiger partial charge in [0.05, 0.1) is 18.0 Å². The molecule has 0 saturated carbocycles. The van der Waals surface area contributed by atoms with Crippen LogP contribution in [0.4, 0.5) is 11.8 Å². The molecule has 3 N–H and O–H groups in total. The maximum atomic E-state index is 13.1. The predicted octanol–water partition coefficient (Wildman–Crippen LogP) is 4.62. The minimum atomic E-state index is -0.970. The second-order valence-corrected chi connectivity index (χ2v) is 9.58. The van der Waals surface area contributed by atoms with Gasteiger partial charge in [0, 0.05) is 12.5 Å². The van der Waals surface area contributed by atoms with Gasteiger partial charge in [0.25, 0.3) is 0 Å². The molecule has 0 aliphatic carbocycles. The third kappa shape index (κ3) is 4.74. The van der Waals surface area contributed by atoms with Crippen LogP contribution in [0.1, 0.15) is 49.3 Å². The fraction of sp³-hybridized carbons (Fsp3) is 0.357. The van der Waals surface area contributed by atoms with Crippen molar-refractivity contribution >= 4 is 28.9 Å². The zero-order valence-electron chi connectivity index (χ0n) is 21.3. The highest BCUT2D eigenvalue weighted by atomic mass is 16.6. The molecule has 0 radical (unpaired) electrons. The van der Waals surface area contributed by atoms with E-state index in [0.717, 1.165) is 12.8 Å². The van der Waals surface area contributed by atoms with Gasteiger partial charge in [-0.25, -0.2) is 9.78 Å². The molecule has 1 fully saturated rings. The Balaban J connectivity index is 1.46. The van der Waals surface area contributed by atoms with E-state index in [1.54, 1.807) is 23.0 Å². The van der Waals surface area contributed by atoms with Crippen molar-refractivity contribution in [3.05, 3.63) is 78.1 Å². The van der Waals surface area contributed by atoms with Gasteiger partial charge in [-0.2, -0.15) is 9.97 Å². The smallest absolute Gasteiger partial charge is 0.338 e. The number of anilines is 2. The second kappa shape index (κ2) is 10.2. The Morgan fingerprint density at radius 3 is 2.54 bits per heavy atom. The molecular weight excluding hydrogens is 468 g/mol. The first-order chi connectivity index (χ1) is 17.9. The number of ether oxygens (including phenoxy) is 2. The van der Waals surface area contributed by atoms with E-state index < -0.39 is 17.8 Å². The third-order valence-corrected chi connectivity index (χ3v) is 7.22. The summed E-state index contributed by atoms with van der Waals surface area (Å²) in [6, 6.07) is 19.2. The number of esters is 1. The van der Waals surface area contributed by atoms with E-state index in [4.69, 9.17) is 15.2 Å². The summed E-state index contributed by atoms with van der Waals surface area (Å²) in [6.45, 7) is 6.67. The van der Waals surface area contributed by atoms with Crippen LogP contribution in [0.15, 0.2) is 67.0 Å². The molecule has 0 spiro atoms. The molecule has 1 saturated heterocycles. The molecule has 3 heterocycles. The summed E-state index contributed by atoms with van der Waals surface area (Å²) in [5.41, 5.74) is 7.94. The summed E-state index contributed by atoms with van der Waals surface area (Å²) in [4.78, 5) is 26.6. The molecule has 9 nitrogen and oxygen atoms in total. The van der Waals surface area contributed by atoms with Crippen LogP contribution in [0.2, 0.25) is 0 Å². The molecular formula is C28H32N6O3. The monoisotopic (exact) mass is 500 g/mol. The number of nitrogens with two attached hydrogens (primary N) is 1. The van der Waals surface area contributed by atoms with E-state index in [-0.39, 0.29) is 18.0 Å². The lowest BCUT2D eigenvalue weighted by Gasteiger charge is -2.34. The van der Waals surface area contributed by atoms with Crippen molar-refractivity contribution in [3.8, 4) is 0 Å². The number of aromatic nitrogens is 4. The number of hydrogen-bond acceptors (Lipinski definition) is 8. The fourth-order valence-electron chi connectivity index (χ4n) is 4.98. The maximum absolute atomic E-state index is 13.1. The SMILES string of the molecule is CC[C@H]1O[C@@H](n2cnc3c(NCCc4ccccc4)nc(N)nc32)[C@](C)(OC(=O)c2ccccc2)[C@@H]1C. The van der Waals surface area contributed by atoms with Gasteiger partial charge >= 0.3 is 5.97 Å². The average molecular weight is 501 g/mol. The highest BCUT2D eigenvalue weighted by Gasteiger charge is 2.55. The van der Waals surface area contributed by atoms with Gasteiger partial charge in [0.1, 0.15) is 0 Å². The minimum absolute atomic E-state index is 0.0738. The molecule has 1 aliphatic rings. The fourth-order valence-corrected chi connectivity index (χ4v) is 4.98. The number of nitrogens with one attached hydrogen (secondary N) is 1. The van der Waals surface area contributed by atoms with Gasteiger partial charge in [0.2, 0.25) is 5.95 Å². The average Bonchev–Trinajstić information content (AvgIpc) is 3.43. The van der Waals surface area contributed by atoms with Gasteiger partial charge in [-0.1, -0.05) is 62.4 Å². The Bertz CT molecular complexity index is 1380. The number of carbonyl (C=O) groups is 1. The Morgan fingerprint density at radius 2 is 1.84 bits per heavy atom. The Labute approximate surface area is 216 Å². The minimum Gasteiger partial charge on any atom is -0.451 e. The summed E-state index contributed by atoms with van der Waals surface area (Å²) < 4.78 is 14.5. The van der Waals surface area contributed by atoms with Crippen molar-refractivity contribution in [2.45, 2.75) is 51.5 Å². The topological polar surface area (TPSA) is 117 Å². The van der Waals surface area contributed by atoms with Crippen LogP contribution < -0.4 is 11.1 Å². The second-order valence-electron chi connectivity index (χ2n) is 9.58. The molecule has 0 unspecified atom stereocenters.